The second-order valence-electron chi connectivity index (χ2n) is 6.44. The molecule has 0 aliphatic rings. The Morgan fingerprint density at radius 1 is 1.00 bits per heavy atom. The summed E-state index contributed by atoms with van der Waals surface area (Å²) in [4.78, 5) is 12.2. The van der Waals surface area contributed by atoms with Crippen LogP contribution in [0.2, 0.25) is 5.02 Å². The molecule has 4 nitrogen and oxygen atoms in total. The maximum Gasteiger partial charge on any atom is 0.418 e. The summed E-state index contributed by atoms with van der Waals surface area (Å²) in [5.41, 5.74) is 0.235. The summed E-state index contributed by atoms with van der Waals surface area (Å²) in [5.74, 6) is 1.39. The maximum absolute atomic E-state index is 12.2. The molecule has 0 aliphatic carbocycles. The number of halogens is 1. The number of benzene rings is 2. The summed E-state index contributed by atoms with van der Waals surface area (Å²) >= 11 is 5.87. The topological polar surface area (TPSA) is 40.5 Å². The van der Waals surface area contributed by atoms with Crippen molar-refractivity contribution in [1.82, 2.24) is 4.57 Å². The molecule has 0 N–H and O–H groups in total. The van der Waals surface area contributed by atoms with Gasteiger partial charge in [-0.3, -0.25) is 4.57 Å². The number of ether oxygens (including phenoxy) is 2. The lowest BCUT2D eigenvalue weighted by atomic mass is 10.2. The van der Waals surface area contributed by atoms with Crippen LogP contribution in [-0.2, 0) is 4.74 Å². The smallest absolute Gasteiger partial charge is 0.418 e. The average molecular weight is 344 g/mol. The van der Waals surface area contributed by atoms with Gasteiger partial charge in [0.15, 0.2) is 0 Å². The summed E-state index contributed by atoms with van der Waals surface area (Å²) in [7, 11) is 0. The molecule has 1 aromatic heterocycles. The van der Waals surface area contributed by atoms with Crippen LogP contribution in [0, 0.1) is 0 Å². The summed E-state index contributed by atoms with van der Waals surface area (Å²) in [6, 6.07) is 14.5. The van der Waals surface area contributed by atoms with Gasteiger partial charge in [-0.1, -0.05) is 11.6 Å². The molecule has 0 spiro atoms. The quantitative estimate of drug-likeness (QED) is 0.584. The Balaban J connectivity index is 1.85. The molecule has 5 heteroatoms. The molecule has 3 aromatic rings. The molecule has 3 rings (SSSR count). The first-order chi connectivity index (χ1) is 11.3. The lowest BCUT2D eigenvalue weighted by molar-refractivity contribution is 0.0544. The van der Waals surface area contributed by atoms with Gasteiger partial charge in [0.2, 0.25) is 0 Å². The van der Waals surface area contributed by atoms with Crippen LogP contribution in [0.25, 0.3) is 10.9 Å². The molecular formula is C19H18ClNO3. The van der Waals surface area contributed by atoms with Crippen LogP contribution in [0.3, 0.4) is 0 Å². The van der Waals surface area contributed by atoms with E-state index in [-0.39, 0.29) is 0 Å². The fraction of sp³-hybridized carbons (Fsp3) is 0.211. The van der Waals surface area contributed by atoms with Crippen LogP contribution in [0.15, 0.2) is 54.7 Å². The van der Waals surface area contributed by atoms with Crippen molar-refractivity contribution in [3.8, 4) is 11.5 Å². The molecule has 0 unspecified atom stereocenters. The lowest BCUT2D eigenvalue weighted by Crippen LogP contribution is -2.26. The first kappa shape index (κ1) is 16.4. The SMILES string of the molecule is CC(C)(C)OC(=O)n1ccc2cc(Oc3ccc(Cl)cc3)ccc21. The molecule has 24 heavy (non-hydrogen) atoms. The number of hydrogen-bond donors (Lipinski definition) is 0. The maximum atomic E-state index is 12.2. The van der Waals surface area contributed by atoms with Gasteiger partial charge in [0, 0.05) is 16.6 Å². The van der Waals surface area contributed by atoms with Crippen molar-refractivity contribution in [3.05, 3.63) is 59.8 Å². The van der Waals surface area contributed by atoms with Crippen molar-refractivity contribution in [2.75, 3.05) is 0 Å². The Morgan fingerprint density at radius 3 is 2.33 bits per heavy atom. The minimum atomic E-state index is -0.536. The fourth-order valence-corrected chi connectivity index (χ4v) is 2.42. The van der Waals surface area contributed by atoms with Crippen molar-refractivity contribution in [2.45, 2.75) is 26.4 Å². The van der Waals surface area contributed by atoms with E-state index in [9.17, 15) is 4.79 Å². The first-order valence-electron chi connectivity index (χ1n) is 7.60. The van der Waals surface area contributed by atoms with Gasteiger partial charge in [0.05, 0.1) is 5.52 Å². The lowest BCUT2D eigenvalue weighted by Gasteiger charge is -2.19. The molecule has 0 amide bonds. The van der Waals surface area contributed by atoms with Gasteiger partial charge in [-0.25, -0.2) is 4.79 Å². The first-order valence-corrected chi connectivity index (χ1v) is 7.97. The molecule has 0 saturated carbocycles. The van der Waals surface area contributed by atoms with E-state index in [2.05, 4.69) is 0 Å². The van der Waals surface area contributed by atoms with Gasteiger partial charge in [0.1, 0.15) is 17.1 Å². The van der Waals surface area contributed by atoms with Gasteiger partial charge in [-0.2, -0.15) is 0 Å². The number of aromatic nitrogens is 1. The molecular weight excluding hydrogens is 326 g/mol. The predicted molar refractivity (Wildman–Crippen MR) is 95.1 cm³/mol. The van der Waals surface area contributed by atoms with E-state index < -0.39 is 11.7 Å². The second-order valence-corrected chi connectivity index (χ2v) is 6.88. The predicted octanol–water partition coefficient (Wildman–Crippen LogP) is 5.87. The van der Waals surface area contributed by atoms with Crippen molar-refractivity contribution in [3.63, 3.8) is 0 Å². The minimum absolute atomic E-state index is 0.399. The van der Waals surface area contributed by atoms with Gasteiger partial charge in [-0.15, -0.1) is 0 Å². The minimum Gasteiger partial charge on any atom is -0.457 e. The highest BCUT2D eigenvalue weighted by molar-refractivity contribution is 6.30. The second kappa shape index (κ2) is 6.21. The standard InChI is InChI=1S/C19H18ClNO3/c1-19(2,3)24-18(22)21-11-10-13-12-16(8-9-17(13)21)23-15-6-4-14(20)5-7-15/h4-12H,1-3H3. The Kier molecular flexibility index (Phi) is 4.24. The molecule has 0 fully saturated rings. The number of carbonyl (C=O) groups is 1. The van der Waals surface area contributed by atoms with Gasteiger partial charge in [0.25, 0.3) is 0 Å². The Morgan fingerprint density at radius 2 is 1.67 bits per heavy atom. The highest BCUT2D eigenvalue weighted by Crippen LogP contribution is 2.27. The van der Waals surface area contributed by atoms with E-state index in [1.807, 2.05) is 45.0 Å². The zero-order chi connectivity index (χ0) is 17.3. The van der Waals surface area contributed by atoms with Crippen molar-refractivity contribution in [2.24, 2.45) is 0 Å². The Bertz CT molecular complexity index is 876. The molecule has 0 saturated heterocycles. The van der Waals surface area contributed by atoms with Crippen molar-refractivity contribution < 1.29 is 14.3 Å². The fourth-order valence-electron chi connectivity index (χ4n) is 2.29. The summed E-state index contributed by atoms with van der Waals surface area (Å²) < 4.78 is 12.7. The van der Waals surface area contributed by atoms with Gasteiger partial charge >= 0.3 is 6.09 Å². The van der Waals surface area contributed by atoms with E-state index in [0.29, 0.717) is 16.5 Å². The summed E-state index contributed by atoms with van der Waals surface area (Å²) in [6.45, 7) is 5.53. The molecule has 0 atom stereocenters. The van der Waals surface area contributed by atoms with E-state index in [1.54, 1.807) is 30.5 Å². The molecule has 0 bridgehead atoms. The number of carbonyl (C=O) groups excluding carboxylic acids is 1. The van der Waals surface area contributed by atoms with Crippen LogP contribution < -0.4 is 4.74 Å². The summed E-state index contributed by atoms with van der Waals surface area (Å²) in [5, 5.41) is 1.56. The number of nitrogens with zero attached hydrogens (tertiary/aromatic N) is 1. The van der Waals surface area contributed by atoms with E-state index in [0.717, 1.165) is 10.9 Å². The normalized spacial score (nSPS) is 11.5. The van der Waals surface area contributed by atoms with E-state index >= 15 is 0 Å². The van der Waals surface area contributed by atoms with Crippen LogP contribution in [0.5, 0.6) is 11.5 Å². The zero-order valence-electron chi connectivity index (χ0n) is 13.7. The number of rotatable bonds is 2. The molecule has 0 aliphatic heterocycles. The average Bonchev–Trinajstić information content (AvgIpc) is 2.91. The monoisotopic (exact) mass is 343 g/mol. The highest BCUT2D eigenvalue weighted by Gasteiger charge is 2.19. The third-order valence-electron chi connectivity index (χ3n) is 3.30. The third kappa shape index (κ3) is 3.71. The van der Waals surface area contributed by atoms with Gasteiger partial charge in [-0.05, 0) is 69.3 Å². The number of hydrogen-bond acceptors (Lipinski definition) is 3. The molecule has 2 aromatic carbocycles. The zero-order valence-corrected chi connectivity index (χ0v) is 14.5. The molecule has 1 heterocycles. The van der Waals surface area contributed by atoms with Crippen LogP contribution >= 0.6 is 11.6 Å². The number of fused-ring (bicyclic) bond motifs is 1. The van der Waals surface area contributed by atoms with Crippen LogP contribution in [0.1, 0.15) is 20.8 Å². The van der Waals surface area contributed by atoms with Gasteiger partial charge < -0.3 is 9.47 Å². The summed E-state index contributed by atoms with van der Waals surface area (Å²) in [6.07, 6.45) is 1.30. The Labute approximate surface area is 145 Å². The molecule has 124 valence electrons. The molecule has 0 radical (unpaired) electrons. The highest BCUT2D eigenvalue weighted by atomic mass is 35.5. The van der Waals surface area contributed by atoms with Crippen LogP contribution in [0.4, 0.5) is 4.79 Å². The largest absolute Gasteiger partial charge is 0.457 e. The van der Waals surface area contributed by atoms with Crippen LogP contribution in [-0.4, -0.2) is 16.3 Å². The third-order valence-corrected chi connectivity index (χ3v) is 3.55. The van der Waals surface area contributed by atoms with E-state index in [1.165, 1.54) is 4.57 Å². The van der Waals surface area contributed by atoms with Crippen molar-refractivity contribution >= 4 is 28.6 Å². The van der Waals surface area contributed by atoms with Crippen molar-refractivity contribution in [1.29, 1.82) is 0 Å². The van der Waals surface area contributed by atoms with E-state index in [4.69, 9.17) is 21.1 Å². The Hall–Kier alpha value is -2.46.